The predicted molar refractivity (Wildman–Crippen MR) is 103 cm³/mol. The molecule has 132 valence electrons. The molecule has 0 bridgehead atoms. The van der Waals surface area contributed by atoms with Gasteiger partial charge in [-0.15, -0.1) is 6.42 Å². The Labute approximate surface area is 155 Å². The number of ether oxygens (including phenoxy) is 2. The van der Waals surface area contributed by atoms with E-state index in [4.69, 9.17) is 15.9 Å². The molecule has 0 aliphatic rings. The second kappa shape index (κ2) is 7.46. The van der Waals surface area contributed by atoms with Crippen LogP contribution >= 0.6 is 11.3 Å². The van der Waals surface area contributed by atoms with Gasteiger partial charge in [0.25, 0.3) is 5.91 Å². The topological polar surface area (TPSA) is 52.8 Å². The van der Waals surface area contributed by atoms with Crippen molar-refractivity contribution in [1.29, 1.82) is 0 Å². The Bertz CT molecular complexity index is 1060. The van der Waals surface area contributed by atoms with Crippen molar-refractivity contribution < 1.29 is 14.3 Å². The lowest BCUT2D eigenvalue weighted by Crippen LogP contribution is -2.17. The highest BCUT2D eigenvalue weighted by atomic mass is 32.1. The van der Waals surface area contributed by atoms with Gasteiger partial charge in [-0.3, -0.25) is 4.79 Å². The zero-order valence-corrected chi connectivity index (χ0v) is 15.6. The monoisotopic (exact) mass is 366 g/mol. The van der Waals surface area contributed by atoms with Crippen LogP contribution in [-0.4, -0.2) is 24.7 Å². The maximum absolute atomic E-state index is 12.7. The van der Waals surface area contributed by atoms with Crippen LogP contribution in [0.25, 0.3) is 10.2 Å². The number of aryl methyl sites for hydroxylation is 1. The van der Waals surface area contributed by atoms with Crippen LogP contribution in [0.2, 0.25) is 0 Å². The summed E-state index contributed by atoms with van der Waals surface area (Å²) in [5.74, 6) is 3.33. The molecule has 0 atom stereocenters. The zero-order chi connectivity index (χ0) is 18.7. The molecule has 0 unspecified atom stereocenters. The molecule has 0 aliphatic heterocycles. The standard InChI is InChI=1S/C20H18N2O3S/c1-5-9-22-18-13(2)7-6-8-17(18)26-20(22)21-19(23)14-10-15(24-3)12-16(11-14)25-4/h1,6-8,10-12H,9H2,2-4H3. The van der Waals surface area contributed by atoms with Gasteiger partial charge in [0, 0.05) is 11.6 Å². The lowest BCUT2D eigenvalue weighted by molar-refractivity contribution is 0.0997. The van der Waals surface area contributed by atoms with Crippen molar-refractivity contribution in [2.45, 2.75) is 13.5 Å². The summed E-state index contributed by atoms with van der Waals surface area (Å²) in [4.78, 5) is 17.6. The Morgan fingerprint density at radius 2 is 1.92 bits per heavy atom. The van der Waals surface area contributed by atoms with E-state index in [1.807, 2.05) is 29.7 Å². The van der Waals surface area contributed by atoms with Gasteiger partial charge in [0.2, 0.25) is 0 Å². The van der Waals surface area contributed by atoms with Crippen molar-refractivity contribution in [3.63, 3.8) is 0 Å². The van der Waals surface area contributed by atoms with E-state index in [9.17, 15) is 4.79 Å². The number of hydrogen-bond acceptors (Lipinski definition) is 4. The number of carbonyl (C=O) groups excluding carboxylic acids is 1. The van der Waals surface area contributed by atoms with Gasteiger partial charge in [-0.05, 0) is 30.7 Å². The highest BCUT2D eigenvalue weighted by molar-refractivity contribution is 7.16. The Kier molecular flexibility index (Phi) is 5.10. The number of aromatic nitrogens is 1. The van der Waals surface area contributed by atoms with Crippen molar-refractivity contribution in [3.8, 4) is 23.8 Å². The zero-order valence-electron chi connectivity index (χ0n) is 14.8. The number of terminal acetylenes is 1. The summed E-state index contributed by atoms with van der Waals surface area (Å²) in [6.07, 6.45) is 5.52. The van der Waals surface area contributed by atoms with Gasteiger partial charge in [0.15, 0.2) is 4.80 Å². The van der Waals surface area contributed by atoms with E-state index in [1.165, 1.54) is 25.6 Å². The van der Waals surface area contributed by atoms with E-state index in [-0.39, 0.29) is 5.91 Å². The first kappa shape index (κ1) is 17.8. The molecular formula is C20H18N2O3S. The number of hydrogen-bond donors (Lipinski definition) is 0. The van der Waals surface area contributed by atoms with E-state index >= 15 is 0 Å². The maximum Gasteiger partial charge on any atom is 0.279 e. The second-order valence-corrected chi connectivity index (χ2v) is 6.62. The molecule has 6 heteroatoms. The average Bonchev–Trinajstić information content (AvgIpc) is 3.00. The molecule has 0 saturated carbocycles. The lowest BCUT2D eigenvalue weighted by Gasteiger charge is -2.06. The molecule has 1 heterocycles. The van der Waals surface area contributed by atoms with Crippen LogP contribution in [0.4, 0.5) is 0 Å². The highest BCUT2D eigenvalue weighted by Crippen LogP contribution is 2.24. The number of methoxy groups -OCH3 is 2. The predicted octanol–water partition coefficient (Wildman–Crippen LogP) is 3.40. The summed E-state index contributed by atoms with van der Waals surface area (Å²) < 4.78 is 13.4. The number of rotatable bonds is 4. The minimum atomic E-state index is -0.378. The summed E-state index contributed by atoms with van der Waals surface area (Å²) in [5, 5.41) is 0. The third-order valence-electron chi connectivity index (χ3n) is 3.95. The summed E-state index contributed by atoms with van der Waals surface area (Å²) in [6.45, 7) is 2.36. The normalized spacial score (nSPS) is 11.4. The summed E-state index contributed by atoms with van der Waals surface area (Å²) in [7, 11) is 3.08. The number of fused-ring (bicyclic) bond motifs is 1. The van der Waals surface area contributed by atoms with Crippen LogP contribution in [0.3, 0.4) is 0 Å². The van der Waals surface area contributed by atoms with Crippen LogP contribution in [-0.2, 0) is 6.54 Å². The van der Waals surface area contributed by atoms with Crippen LogP contribution < -0.4 is 14.3 Å². The minimum absolute atomic E-state index is 0.346. The Balaban J connectivity index is 2.16. The first-order valence-electron chi connectivity index (χ1n) is 7.92. The van der Waals surface area contributed by atoms with Crippen molar-refractivity contribution in [3.05, 3.63) is 52.3 Å². The maximum atomic E-state index is 12.7. The van der Waals surface area contributed by atoms with Crippen LogP contribution in [0, 0.1) is 19.3 Å². The molecule has 5 nitrogen and oxygen atoms in total. The third-order valence-corrected chi connectivity index (χ3v) is 4.99. The van der Waals surface area contributed by atoms with Crippen LogP contribution in [0.5, 0.6) is 11.5 Å². The molecule has 0 aliphatic carbocycles. The fraction of sp³-hybridized carbons (Fsp3) is 0.200. The van der Waals surface area contributed by atoms with Gasteiger partial charge in [0.1, 0.15) is 11.5 Å². The molecule has 3 aromatic rings. The highest BCUT2D eigenvalue weighted by Gasteiger charge is 2.12. The van der Waals surface area contributed by atoms with Crippen molar-refractivity contribution >= 4 is 27.5 Å². The summed E-state index contributed by atoms with van der Waals surface area (Å²) >= 11 is 1.44. The van der Waals surface area contributed by atoms with Crippen LogP contribution in [0.15, 0.2) is 41.4 Å². The van der Waals surface area contributed by atoms with Gasteiger partial charge >= 0.3 is 0 Å². The summed E-state index contributed by atoms with van der Waals surface area (Å²) in [6, 6.07) is 11.0. The molecule has 2 aromatic carbocycles. The van der Waals surface area contributed by atoms with Crippen molar-refractivity contribution in [2.24, 2.45) is 4.99 Å². The van der Waals surface area contributed by atoms with E-state index in [2.05, 4.69) is 10.9 Å². The number of nitrogens with zero attached hydrogens (tertiary/aromatic N) is 2. The number of amides is 1. The first-order chi connectivity index (χ1) is 12.6. The summed E-state index contributed by atoms with van der Waals surface area (Å²) in [5.41, 5.74) is 2.49. The Morgan fingerprint density at radius 3 is 2.54 bits per heavy atom. The number of carbonyl (C=O) groups is 1. The molecule has 0 N–H and O–H groups in total. The van der Waals surface area contributed by atoms with Crippen molar-refractivity contribution in [2.75, 3.05) is 14.2 Å². The Hall–Kier alpha value is -3.04. The van der Waals surface area contributed by atoms with Gasteiger partial charge < -0.3 is 14.0 Å². The van der Waals surface area contributed by atoms with E-state index in [1.54, 1.807) is 18.2 Å². The van der Waals surface area contributed by atoms with Gasteiger partial charge in [-0.1, -0.05) is 29.4 Å². The second-order valence-electron chi connectivity index (χ2n) is 5.61. The van der Waals surface area contributed by atoms with E-state index in [0.29, 0.717) is 28.4 Å². The largest absolute Gasteiger partial charge is 0.497 e. The van der Waals surface area contributed by atoms with Crippen molar-refractivity contribution in [1.82, 2.24) is 4.57 Å². The SMILES string of the molecule is C#CCn1c(=NC(=O)c2cc(OC)cc(OC)c2)sc2cccc(C)c21. The van der Waals surface area contributed by atoms with E-state index in [0.717, 1.165) is 15.8 Å². The fourth-order valence-electron chi connectivity index (χ4n) is 2.71. The van der Waals surface area contributed by atoms with E-state index < -0.39 is 0 Å². The Morgan fingerprint density at radius 1 is 1.23 bits per heavy atom. The van der Waals surface area contributed by atoms with Gasteiger partial charge in [0.05, 0.1) is 31.0 Å². The molecule has 1 amide bonds. The fourth-order valence-corrected chi connectivity index (χ4v) is 3.82. The lowest BCUT2D eigenvalue weighted by atomic mass is 10.2. The quantitative estimate of drug-likeness (QED) is 0.665. The molecule has 0 spiro atoms. The average molecular weight is 366 g/mol. The number of benzene rings is 2. The molecule has 0 radical (unpaired) electrons. The van der Waals surface area contributed by atoms with Gasteiger partial charge in [-0.2, -0.15) is 4.99 Å². The molecule has 1 aromatic heterocycles. The molecule has 3 rings (SSSR count). The smallest absolute Gasteiger partial charge is 0.279 e. The molecule has 26 heavy (non-hydrogen) atoms. The van der Waals surface area contributed by atoms with Gasteiger partial charge in [-0.25, -0.2) is 0 Å². The van der Waals surface area contributed by atoms with Crippen LogP contribution in [0.1, 0.15) is 15.9 Å². The molecule has 0 fully saturated rings. The molecular weight excluding hydrogens is 348 g/mol. The first-order valence-corrected chi connectivity index (χ1v) is 8.73. The third kappa shape index (κ3) is 3.35. The minimum Gasteiger partial charge on any atom is -0.497 e. The number of para-hydroxylation sites is 1. The molecule has 0 saturated heterocycles. The number of thiazole rings is 1.